The van der Waals surface area contributed by atoms with Gasteiger partial charge in [0.2, 0.25) is 0 Å². The smallest absolute Gasteiger partial charge is 0.344 e. The van der Waals surface area contributed by atoms with Crippen molar-refractivity contribution in [2.75, 3.05) is 7.11 Å². The molecule has 0 saturated heterocycles. The van der Waals surface area contributed by atoms with Crippen molar-refractivity contribution in [2.45, 2.75) is 12.6 Å². The molecule has 0 aliphatic rings. The fourth-order valence-corrected chi connectivity index (χ4v) is 1.90. The highest BCUT2D eigenvalue weighted by atomic mass is 32.2. The number of ether oxygens (including phenoxy) is 1. The molecule has 0 radical (unpaired) electrons. The Morgan fingerprint density at radius 2 is 2.05 bits per heavy atom. The number of thiol groups is 1. The third-order valence-electron chi connectivity index (χ3n) is 2.44. The van der Waals surface area contributed by atoms with Gasteiger partial charge in [-0.15, -0.1) is 0 Å². The molecule has 0 fully saturated rings. The molecule has 1 atom stereocenters. The molecule has 0 heterocycles. The van der Waals surface area contributed by atoms with Gasteiger partial charge < -0.3 is 4.74 Å². The summed E-state index contributed by atoms with van der Waals surface area (Å²) in [6.07, 6.45) is 0. The van der Waals surface area contributed by atoms with Gasteiger partial charge in [0.15, 0.2) is 5.72 Å². The van der Waals surface area contributed by atoms with E-state index in [4.69, 9.17) is 5.73 Å². The molecule has 0 bridgehead atoms. The molecule has 1 aromatic rings. The van der Waals surface area contributed by atoms with Crippen LogP contribution in [0.5, 0.6) is 0 Å². The minimum absolute atomic E-state index is 0.0719. The average molecular weight is 304 g/mol. The molecule has 9 nitrogen and oxygen atoms in total. The second-order valence-corrected chi connectivity index (χ2v) is 4.53. The SMILES string of the molecule is COC(=O)c1cc(C(C)(N)O[SH](=O)=O)ccc1[N+](=O)[O-]. The molecule has 1 aromatic carbocycles. The second-order valence-electron chi connectivity index (χ2n) is 3.90. The van der Waals surface area contributed by atoms with Crippen LogP contribution in [0.2, 0.25) is 0 Å². The number of hydrogen-bond acceptors (Lipinski definition) is 8. The maximum Gasteiger partial charge on any atom is 0.344 e. The lowest BCUT2D eigenvalue weighted by Crippen LogP contribution is -2.36. The second kappa shape index (κ2) is 5.94. The zero-order valence-electron chi connectivity index (χ0n) is 10.6. The van der Waals surface area contributed by atoms with Crippen LogP contribution in [0.15, 0.2) is 18.2 Å². The molecule has 1 rings (SSSR count). The molecule has 0 aromatic heterocycles. The normalized spacial score (nSPS) is 13.8. The molecule has 0 amide bonds. The molecule has 0 spiro atoms. The van der Waals surface area contributed by atoms with E-state index >= 15 is 0 Å². The number of carbonyl (C=O) groups is 1. The van der Waals surface area contributed by atoms with E-state index in [0.717, 1.165) is 19.2 Å². The summed E-state index contributed by atoms with van der Waals surface area (Å²) in [7, 11) is -2.17. The van der Waals surface area contributed by atoms with Gasteiger partial charge in [0.05, 0.1) is 12.0 Å². The predicted octanol–water partition coefficient (Wildman–Crippen LogP) is 0.0558. The summed E-state index contributed by atoms with van der Waals surface area (Å²) < 4.78 is 30.1. The van der Waals surface area contributed by atoms with Crippen LogP contribution in [0.1, 0.15) is 22.8 Å². The number of nitrogens with two attached hydrogens (primary N) is 1. The number of esters is 1. The van der Waals surface area contributed by atoms with Crippen LogP contribution in [-0.2, 0) is 25.6 Å². The number of methoxy groups -OCH3 is 1. The van der Waals surface area contributed by atoms with Gasteiger partial charge in [-0.2, -0.15) is 0 Å². The first kappa shape index (κ1) is 16.0. The highest BCUT2D eigenvalue weighted by Gasteiger charge is 2.29. The van der Waals surface area contributed by atoms with Crippen LogP contribution in [-0.4, -0.2) is 26.4 Å². The van der Waals surface area contributed by atoms with Gasteiger partial charge in [-0.05, 0) is 19.1 Å². The van der Waals surface area contributed by atoms with Crippen molar-refractivity contribution in [3.63, 3.8) is 0 Å². The van der Waals surface area contributed by atoms with Crippen molar-refractivity contribution in [2.24, 2.45) is 5.73 Å². The standard InChI is InChI=1S/C10H12N2O7S/c1-10(11,19-20(16)17)6-3-4-8(12(14)15)7(5-6)9(13)18-2/h3-5,20H,11H2,1-2H3. The van der Waals surface area contributed by atoms with Gasteiger partial charge in [0, 0.05) is 11.6 Å². The summed E-state index contributed by atoms with van der Waals surface area (Å²) >= 11 is 0. The van der Waals surface area contributed by atoms with Crippen LogP contribution in [0.4, 0.5) is 5.69 Å². The molecule has 0 aliphatic heterocycles. The Morgan fingerprint density at radius 1 is 1.45 bits per heavy atom. The largest absolute Gasteiger partial charge is 0.465 e. The summed E-state index contributed by atoms with van der Waals surface area (Å²) in [4.78, 5) is 21.6. The zero-order chi connectivity index (χ0) is 15.5. The number of carbonyl (C=O) groups excluding carboxylic acids is 1. The van der Waals surface area contributed by atoms with E-state index < -0.39 is 33.3 Å². The maximum atomic E-state index is 11.5. The van der Waals surface area contributed by atoms with E-state index in [2.05, 4.69) is 8.92 Å². The fourth-order valence-electron chi connectivity index (χ4n) is 1.49. The molecule has 20 heavy (non-hydrogen) atoms. The first-order valence-electron chi connectivity index (χ1n) is 5.18. The predicted molar refractivity (Wildman–Crippen MR) is 67.4 cm³/mol. The van der Waals surface area contributed by atoms with E-state index in [9.17, 15) is 23.3 Å². The minimum atomic E-state index is -3.24. The number of nitrogens with zero attached hydrogens (tertiary/aromatic N) is 1. The van der Waals surface area contributed by atoms with Crippen LogP contribution < -0.4 is 5.73 Å². The molecule has 0 saturated carbocycles. The van der Waals surface area contributed by atoms with Gasteiger partial charge >= 0.3 is 5.97 Å². The molecular weight excluding hydrogens is 292 g/mol. The van der Waals surface area contributed by atoms with Gasteiger partial charge in [0.25, 0.3) is 16.7 Å². The number of benzene rings is 1. The Balaban J connectivity index is 3.39. The number of rotatable bonds is 5. The Hall–Kier alpha value is -2.04. The summed E-state index contributed by atoms with van der Waals surface area (Å²) in [6, 6.07) is 3.28. The Morgan fingerprint density at radius 3 is 2.50 bits per heavy atom. The highest BCUT2D eigenvalue weighted by Crippen LogP contribution is 2.26. The molecule has 1 unspecified atom stereocenters. The van der Waals surface area contributed by atoms with Crippen molar-refractivity contribution in [1.82, 2.24) is 0 Å². The first-order chi connectivity index (χ1) is 9.19. The van der Waals surface area contributed by atoms with Gasteiger partial charge in [-0.25, -0.2) is 17.4 Å². The van der Waals surface area contributed by atoms with E-state index in [1.54, 1.807) is 0 Å². The van der Waals surface area contributed by atoms with Gasteiger partial charge in [0.1, 0.15) is 5.56 Å². The third kappa shape index (κ3) is 3.50. The summed E-state index contributed by atoms with van der Waals surface area (Å²) in [6.45, 7) is 1.24. The van der Waals surface area contributed by atoms with Crippen molar-refractivity contribution < 1.29 is 27.1 Å². The average Bonchev–Trinajstić information content (AvgIpc) is 2.35. The van der Waals surface area contributed by atoms with E-state index in [0.29, 0.717) is 0 Å². The Bertz CT molecular complexity index is 616. The molecule has 2 N–H and O–H groups in total. The summed E-state index contributed by atoms with van der Waals surface area (Å²) in [5.74, 6) is -0.944. The van der Waals surface area contributed by atoms with Crippen LogP contribution in [0.3, 0.4) is 0 Å². The van der Waals surface area contributed by atoms with Gasteiger partial charge in [-0.1, -0.05) is 0 Å². The molecule has 10 heteroatoms. The molecule has 110 valence electrons. The third-order valence-corrected chi connectivity index (χ3v) is 2.96. The van der Waals surface area contributed by atoms with Crippen molar-refractivity contribution in [1.29, 1.82) is 0 Å². The number of hydrogen-bond donors (Lipinski definition) is 2. The quantitative estimate of drug-likeness (QED) is 0.256. The van der Waals surface area contributed by atoms with Crippen molar-refractivity contribution in [3.8, 4) is 0 Å². The topological polar surface area (TPSA) is 139 Å². The van der Waals surface area contributed by atoms with Gasteiger partial charge in [-0.3, -0.25) is 15.8 Å². The molecule has 0 aliphatic carbocycles. The summed E-state index contributed by atoms with van der Waals surface area (Å²) in [5, 5.41) is 10.8. The molecular formula is C10H12N2O7S. The van der Waals surface area contributed by atoms with E-state index in [1.807, 2.05) is 0 Å². The number of nitro benzene ring substituents is 1. The van der Waals surface area contributed by atoms with Crippen LogP contribution in [0.25, 0.3) is 0 Å². The zero-order valence-corrected chi connectivity index (χ0v) is 11.5. The first-order valence-corrected chi connectivity index (χ1v) is 6.28. The Labute approximate surface area is 115 Å². The van der Waals surface area contributed by atoms with Crippen LogP contribution >= 0.6 is 0 Å². The van der Waals surface area contributed by atoms with Crippen molar-refractivity contribution in [3.05, 3.63) is 39.4 Å². The van der Waals surface area contributed by atoms with E-state index in [-0.39, 0.29) is 11.1 Å². The summed E-state index contributed by atoms with van der Waals surface area (Å²) in [5.41, 5.74) is 3.13. The fraction of sp³-hybridized carbons (Fsp3) is 0.300. The number of nitro groups is 1. The maximum absolute atomic E-state index is 11.5. The van der Waals surface area contributed by atoms with Crippen LogP contribution in [0, 0.1) is 10.1 Å². The van der Waals surface area contributed by atoms with E-state index in [1.165, 1.54) is 13.0 Å². The minimum Gasteiger partial charge on any atom is -0.465 e. The lowest BCUT2D eigenvalue weighted by Gasteiger charge is -2.22. The monoisotopic (exact) mass is 304 g/mol. The highest BCUT2D eigenvalue weighted by molar-refractivity contribution is 7.67. The lowest BCUT2D eigenvalue weighted by atomic mass is 10.0. The Kier molecular flexibility index (Phi) is 4.76. The van der Waals surface area contributed by atoms with Crippen molar-refractivity contribution >= 4 is 22.6 Å². The lowest BCUT2D eigenvalue weighted by molar-refractivity contribution is -0.385.